The Balaban J connectivity index is 1.28. The lowest BCUT2D eigenvalue weighted by Crippen LogP contribution is -2.10. The van der Waals surface area contributed by atoms with E-state index in [1.54, 1.807) is 18.2 Å². The van der Waals surface area contributed by atoms with E-state index in [-0.39, 0.29) is 22.4 Å². The van der Waals surface area contributed by atoms with Crippen LogP contribution < -0.4 is 0 Å². The highest BCUT2D eigenvalue weighted by atomic mass is 32.2. The fraction of sp³-hybridized carbons (Fsp3) is 0.481. The highest BCUT2D eigenvalue weighted by Gasteiger charge is 2.29. The number of pyridine rings is 1. The zero-order valence-corrected chi connectivity index (χ0v) is 19.6. The Bertz CT molecular complexity index is 1000. The first-order valence-corrected chi connectivity index (χ1v) is 12.7. The van der Waals surface area contributed by atoms with Gasteiger partial charge in [-0.05, 0) is 91.1 Å². The number of hydrogen-bond donors (Lipinski definition) is 0. The van der Waals surface area contributed by atoms with E-state index in [0.29, 0.717) is 31.1 Å². The Labute approximate surface area is 198 Å². The Morgan fingerprint density at radius 1 is 1.12 bits per heavy atom. The van der Waals surface area contributed by atoms with Crippen LogP contribution in [-0.4, -0.2) is 16.3 Å². The summed E-state index contributed by atoms with van der Waals surface area (Å²) in [6, 6.07) is 8.57. The van der Waals surface area contributed by atoms with E-state index in [0.717, 1.165) is 50.5 Å². The number of halogens is 3. The van der Waals surface area contributed by atoms with Gasteiger partial charge in [0.15, 0.2) is 0 Å². The van der Waals surface area contributed by atoms with E-state index in [1.807, 2.05) is 6.20 Å². The Morgan fingerprint density at radius 3 is 2.85 bits per heavy atom. The van der Waals surface area contributed by atoms with Crippen molar-refractivity contribution in [3.63, 3.8) is 0 Å². The first-order valence-electron chi connectivity index (χ1n) is 11.9. The summed E-state index contributed by atoms with van der Waals surface area (Å²) in [6.45, 7) is 0. The summed E-state index contributed by atoms with van der Waals surface area (Å²) < 4.78 is 37.8. The van der Waals surface area contributed by atoms with Gasteiger partial charge in [0.05, 0.1) is 5.69 Å². The minimum atomic E-state index is -4.29. The van der Waals surface area contributed by atoms with E-state index in [2.05, 4.69) is 18.2 Å². The van der Waals surface area contributed by atoms with Crippen molar-refractivity contribution in [2.75, 3.05) is 0 Å². The molecule has 176 valence electrons. The van der Waals surface area contributed by atoms with Gasteiger partial charge in [0.1, 0.15) is 5.78 Å². The second-order valence-corrected chi connectivity index (χ2v) is 10.4. The molecule has 2 nitrogen and oxygen atoms in total. The second kappa shape index (κ2) is 10.9. The molecule has 1 heterocycles. The number of fused-ring (bicyclic) bond motifs is 1. The lowest BCUT2D eigenvalue weighted by atomic mass is 9.87. The SMILES string of the molecule is O=C(CCc1cccc(SC(F)(F)F)c1)CC1CCCC(c2nccc3c2C=CCC3)CC1. The van der Waals surface area contributed by atoms with Gasteiger partial charge in [0.25, 0.3) is 0 Å². The van der Waals surface area contributed by atoms with Gasteiger partial charge in [-0.15, -0.1) is 0 Å². The zero-order chi connectivity index (χ0) is 23.3. The summed E-state index contributed by atoms with van der Waals surface area (Å²) in [4.78, 5) is 17.6. The predicted octanol–water partition coefficient (Wildman–Crippen LogP) is 7.91. The molecule has 1 aromatic heterocycles. The number of rotatable bonds is 7. The van der Waals surface area contributed by atoms with Crippen molar-refractivity contribution in [2.45, 2.75) is 80.5 Å². The molecule has 4 rings (SSSR count). The van der Waals surface area contributed by atoms with Crippen molar-refractivity contribution in [3.8, 4) is 0 Å². The maximum atomic E-state index is 12.6. The van der Waals surface area contributed by atoms with E-state index in [4.69, 9.17) is 4.98 Å². The Kier molecular flexibility index (Phi) is 7.94. The van der Waals surface area contributed by atoms with Gasteiger partial charge >= 0.3 is 5.51 Å². The van der Waals surface area contributed by atoms with Gasteiger partial charge < -0.3 is 0 Å². The van der Waals surface area contributed by atoms with Crippen molar-refractivity contribution < 1.29 is 18.0 Å². The lowest BCUT2D eigenvalue weighted by Gasteiger charge is -2.20. The molecule has 33 heavy (non-hydrogen) atoms. The molecule has 0 spiro atoms. The Morgan fingerprint density at radius 2 is 2.00 bits per heavy atom. The lowest BCUT2D eigenvalue weighted by molar-refractivity contribution is -0.120. The number of alkyl halides is 3. The molecule has 6 heteroatoms. The summed E-state index contributed by atoms with van der Waals surface area (Å²) in [5.74, 6) is 1.06. The smallest absolute Gasteiger partial charge is 0.300 e. The monoisotopic (exact) mass is 473 g/mol. The van der Waals surface area contributed by atoms with Gasteiger partial charge in [-0.2, -0.15) is 13.2 Å². The van der Waals surface area contributed by atoms with E-state index < -0.39 is 5.51 Å². The minimum absolute atomic E-state index is 0.108. The number of aromatic nitrogens is 1. The molecule has 0 bridgehead atoms. The van der Waals surface area contributed by atoms with Gasteiger partial charge in [0.2, 0.25) is 0 Å². The number of carbonyl (C=O) groups is 1. The molecular formula is C27H30F3NOS. The standard InChI is InChI=1S/C27H30F3NOS/c28-27(29,30)33-24-9-4-6-20(18-24)12-14-23(32)17-19-5-3-8-22(13-11-19)26-25-10-2-1-7-21(25)15-16-31-26/h2,4,6,9-10,15-16,18-19,22H,1,3,5,7-8,11-14,17H2. The van der Waals surface area contributed by atoms with Crippen LogP contribution in [0.4, 0.5) is 13.2 Å². The van der Waals surface area contributed by atoms with Crippen LogP contribution in [0.25, 0.3) is 6.08 Å². The molecule has 1 saturated carbocycles. The molecule has 0 N–H and O–H groups in total. The summed E-state index contributed by atoms with van der Waals surface area (Å²) in [6.07, 6.45) is 15.4. The molecule has 1 fully saturated rings. The molecule has 0 saturated heterocycles. The maximum Gasteiger partial charge on any atom is 0.446 e. The van der Waals surface area contributed by atoms with Crippen molar-refractivity contribution in [1.29, 1.82) is 0 Å². The molecule has 2 aliphatic carbocycles. The third kappa shape index (κ3) is 6.95. The number of allylic oxidation sites excluding steroid dienone is 1. The van der Waals surface area contributed by atoms with Crippen LogP contribution in [-0.2, 0) is 17.6 Å². The largest absolute Gasteiger partial charge is 0.446 e. The zero-order valence-electron chi connectivity index (χ0n) is 18.7. The first-order chi connectivity index (χ1) is 15.9. The van der Waals surface area contributed by atoms with Gasteiger partial charge in [-0.25, -0.2) is 0 Å². The van der Waals surface area contributed by atoms with Gasteiger partial charge in [-0.3, -0.25) is 9.78 Å². The summed E-state index contributed by atoms with van der Waals surface area (Å²) in [5, 5.41) is 0. The number of Topliss-reactive ketones (excluding diaryl/α,β-unsaturated/α-hetero) is 1. The molecule has 1 aromatic carbocycles. The van der Waals surface area contributed by atoms with Crippen LogP contribution in [0.5, 0.6) is 0 Å². The van der Waals surface area contributed by atoms with Crippen molar-refractivity contribution in [1.82, 2.24) is 4.98 Å². The minimum Gasteiger partial charge on any atom is -0.300 e. The van der Waals surface area contributed by atoms with E-state index >= 15 is 0 Å². The molecular weight excluding hydrogens is 443 g/mol. The molecule has 2 aromatic rings. The average Bonchev–Trinajstić information content (AvgIpc) is 3.02. The third-order valence-electron chi connectivity index (χ3n) is 6.79. The van der Waals surface area contributed by atoms with Crippen LogP contribution >= 0.6 is 11.8 Å². The average molecular weight is 474 g/mol. The number of aryl methyl sites for hydroxylation is 2. The number of hydrogen-bond acceptors (Lipinski definition) is 3. The molecule has 0 aliphatic heterocycles. The Hall–Kier alpha value is -2.08. The van der Waals surface area contributed by atoms with Gasteiger partial charge in [0, 0.05) is 29.9 Å². The predicted molar refractivity (Wildman–Crippen MR) is 127 cm³/mol. The quantitative estimate of drug-likeness (QED) is 0.302. The number of nitrogens with zero attached hydrogens (tertiary/aromatic N) is 1. The van der Waals surface area contributed by atoms with Crippen LogP contribution in [0, 0.1) is 5.92 Å². The summed E-state index contributed by atoms with van der Waals surface area (Å²) in [7, 11) is 0. The molecule has 2 atom stereocenters. The van der Waals surface area contributed by atoms with Crippen molar-refractivity contribution in [3.05, 3.63) is 65.0 Å². The number of thioether (sulfide) groups is 1. The highest BCUT2D eigenvalue weighted by molar-refractivity contribution is 8.00. The fourth-order valence-corrected chi connectivity index (χ4v) is 5.79. The van der Waals surface area contributed by atoms with Crippen LogP contribution in [0.1, 0.15) is 79.7 Å². The molecule has 0 amide bonds. The topological polar surface area (TPSA) is 30.0 Å². The van der Waals surface area contributed by atoms with Crippen molar-refractivity contribution >= 4 is 23.6 Å². The second-order valence-electron chi connectivity index (χ2n) is 9.22. The highest BCUT2D eigenvalue weighted by Crippen LogP contribution is 2.38. The number of carbonyl (C=O) groups excluding carboxylic acids is 1. The third-order valence-corrected chi connectivity index (χ3v) is 7.51. The fourth-order valence-electron chi connectivity index (χ4n) is 5.17. The van der Waals surface area contributed by atoms with Crippen LogP contribution in [0.2, 0.25) is 0 Å². The maximum absolute atomic E-state index is 12.6. The number of benzene rings is 1. The first kappa shape index (κ1) is 24.1. The van der Waals surface area contributed by atoms with Gasteiger partial charge in [-0.1, -0.05) is 37.1 Å². The van der Waals surface area contributed by atoms with E-state index in [9.17, 15) is 18.0 Å². The van der Waals surface area contributed by atoms with Crippen LogP contribution in [0.15, 0.2) is 47.5 Å². The molecule has 2 unspecified atom stereocenters. The summed E-state index contributed by atoms with van der Waals surface area (Å²) >= 11 is -0.108. The molecule has 2 aliphatic rings. The van der Waals surface area contributed by atoms with Crippen LogP contribution in [0.3, 0.4) is 0 Å². The number of ketones is 1. The van der Waals surface area contributed by atoms with E-state index in [1.165, 1.54) is 22.9 Å². The van der Waals surface area contributed by atoms with Crippen molar-refractivity contribution in [2.24, 2.45) is 5.92 Å². The summed E-state index contributed by atoms with van der Waals surface area (Å²) in [5.41, 5.74) is 0.431. The normalized spacial score (nSPS) is 20.8. The molecule has 0 radical (unpaired) electrons.